The Balaban J connectivity index is 2.22. The van der Waals surface area contributed by atoms with Crippen molar-refractivity contribution in [2.75, 3.05) is 6.54 Å². The van der Waals surface area contributed by atoms with Crippen LogP contribution in [0.25, 0.3) is 0 Å². The zero-order valence-corrected chi connectivity index (χ0v) is 9.54. The Morgan fingerprint density at radius 2 is 2.07 bits per heavy atom. The van der Waals surface area contributed by atoms with E-state index in [9.17, 15) is 0 Å². The van der Waals surface area contributed by atoms with Gasteiger partial charge in [0, 0.05) is 43.4 Å². The summed E-state index contributed by atoms with van der Waals surface area (Å²) in [6.07, 6.45) is 3.14. The van der Waals surface area contributed by atoms with Gasteiger partial charge in [0.25, 0.3) is 0 Å². The van der Waals surface area contributed by atoms with Crippen LogP contribution in [-0.2, 0) is 20.0 Å². The second-order valence-electron chi connectivity index (χ2n) is 5.08. The highest BCUT2D eigenvalue weighted by molar-refractivity contribution is 5.20. The van der Waals surface area contributed by atoms with E-state index in [1.165, 1.54) is 11.3 Å². The van der Waals surface area contributed by atoms with Crippen molar-refractivity contribution in [3.8, 4) is 0 Å². The quantitative estimate of drug-likeness (QED) is 0.623. The zero-order chi connectivity index (χ0) is 10.3. The highest BCUT2D eigenvalue weighted by Gasteiger charge is 2.27. The second-order valence-corrected chi connectivity index (χ2v) is 5.08. The molecule has 1 aliphatic heterocycles. The molecular weight excluding hydrogens is 174 g/mol. The van der Waals surface area contributed by atoms with Gasteiger partial charge in [0.05, 0.1) is 6.20 Å². The van der Waals surface area contributed by atoms with Gasteiger partial charge in [-0.1, -0.05) is 0 Å². The normalized spacial score (nSPS) is 18.3. The standard InChI is InChI=1S/C11H19N3/c1-11(2,3)14-6-5-10-9(8-14)7-12-13(10)4/h7H,5-6,8H2,1-4H3. The zero-order valence-electron chi connectivity index (χ0n) is 9.54. The SMILES string of the molecule is Cn1ncc2c1CCN(C(C)(C)C)C2. The molecule has 0 spiro atoms. The Hall–Kier alpha value is -0.830. The van der Waals surface area contributed by atoms with Crippen molar-refractivity contribution >= 4 is 0 Å². The van der Waals surface area contributed by atoms with Crippen molar-refractivity contribution < 1.29 is 0 Å². The van der Waals surface area contributed by atoms with Crippen LogP contribution in [0.4, 0.5) is 0 Å². The summed E-state index contributed by atoms with van der Waals surface area (Å²) in [5, 5.41) is 4.30. The van der Waals surface area contributed by atoms with E-state index >= 15 is 0 Å². The lowest BCUT2D eigenvalue weighted by atomic mass is 10.00. The number of aromatic nitrogens is 2. The molecule has 0 bridgehead atoms. The Morgan fingerprint density at radius 1 is 1.36 bits per heavy atom. The first kappa shape index (κ1) is 9.71. The van der Waals surface area contributed by atoms with E-state index in [0.29, 0.717) is 0 Å². The third-order valence-corrected chi connectivity index (χ3v) is 3.08. The molecular formula is C11H19N3. The first-order valence-electron chi connectivity index (χ1n) is 5.23. The largest absolute Gasteiger partial charge is 0.294 e. The van der Waals surface area contributed by atoms with Crippen molar-refractivity contribution in [3.63, 3.8) is 0 Å². The fraction of sp³-hybridized carbons (Fsp3) is 0.727. The van der Waals surface area contributed by atoms with Crippen molar-refractivity contribution in [1.82, 2.24) is 14.7 Å². The number of rotatable bonds is 0. The molecule has 2 rings (SSSR count). The lowest BCUT2D eigenvalue weighted by molar-refractivity contribution is 0.119. The summed E-state index contributed by atoms with van der Waals surface area (Å²) >= 11 is 0. The third-order valence-electron chi connectivity index (χ3n) is 3.08. The van der Waals surface area contributed by atoms with Crippen LogP contribution in [-0.4, -0.2) is 26.8 Å². The molecule has 1 aromatic rings. The van der Waals surface area contributed by atoms with Crippen LogP contribution in [0.15, 0.2) is 6.20 Å². The molecule has 0 N–H and O–H groups in total. The van der Waals surface area contributed by atoms with E-state index in [1.54, 1.807) is 0 Å². The fourth-order valence-corrected chi connectivity index (χ4v) is 2.06. The average molecular weight is 193 g/mol. The molecule has 0 aromatic carbocycles. The van der Waals surface area contributed by atoms with E-state index in [0.717, 1.165) is 19.5 Å². The molecule has 1 aliphatic rings. The second kappa shape index (κ2) is 3.09. The predicted octanol–water partition coefficient (Wildman–Crippen LogP) is 1.58. The van der Waals surface area contributed by atoms with Gasteiger partial charge < -0.3 is 0 Å². The van der Waals surface area contributed by atoms with Gasteiger partial charge in [-0.15, -0.1) is 0 Å². The van der Waals surface area contributed by atoms with Crippen LogP contribution in [0.3, 0.4) is 0 Å². The van der Waals surface area contributed by atoms with Crippen molar-refractivity contribution in [2.24, 2.45) is 7.05 Å². The van der Waals surface area contributed by atoms with E-state index in [4.69, 9.17) is 0 Å². The number of nitrogens with zero attached hydrogens (tertiary/aromatic N) is 3. The summed E-state index contributed by atoms with van der Waals surface area (Å²) in [6, 6.07) is 0. The van der Waals surface area contributed by atoms with Gasteiger partial charge in [-0.3, -0.25) is 9.58 Å². The smallest absolute Gasteiger partial charge is 0.0537 e. The lowest BCUT2D eigenvalue weighted by Crippen LogP contribution is -2.44. The monoisotopic (exact) mass is 193 g/mol. The van der Waals surface area contributed by atoms with Crippen LogP contribution < -0.4 is 0 Å². The van der Waals surface area contributed by atoms with Crippen LogP contribution in [0.1, 0.15) is 32.0 Å². The van der Waals surface area contributed by atoms with Crippen molar-refractivity contribution in [2.45, 2.75) is 39.3 Å². The highest BCUT2D eigenvalue weighted by atomic mass is 15.3. The van der Waals surface area contributed by atoms with Gasteiger partial charge in [-0.25, -0.2) is 0 Å². The molecule has 2 heterocycles. The minimum absolute atomic E-state index is 0.271. The molecule has 3 heteroatoms. The molecule has 0 radical (unpaired) electrons. The molecule has 0 saturated heterocycles. The number of hydrogen-bond donors (Lipinski definition) is 0. The first-order chi connectivity index (χ1) is 6.48. The van der Waals surface area contributed by atoms with Crippen LogP contribution >= 0.6 is 0 Å². The van der Waals surface area contributed by atoms with Gasteiger partial charge in [0.2, 0.25) is 0 Å². The van der Waals surface area contributed by atoms with Gasteiger partial charge in [-0.05, 0) is 20.8 Å². The summed E-state index contributed by atoms with van der Waals surface area (Å²) in [5.41, 5.74) is 3.08. The number of aryl methyl sites for hydroxylation is 1. The minimum Gasteiger partial charge on any atom is -0.294 e. The molecule has 78 valence electrons. The van der Waals surface area contributed by atoms with E-state index in [2.05, 4.69) is 30.8 Å². The Morgan fingerprint density at radius 3 is 2.71 bits per heavy atom. The molecule has 1 aromatic heterocycles. The average Bonchev–Trinajstić information content (AvgIpc) is 2.46. The summed E-state index contributed by atoms with van der Waals surface area (Å²) in [4.78, 5) is 2.51. The number of fused-ring (bicyclic) bond motifs is 1. The molecule has 3 nitrogen and oxygen atoms in total. The molecule has 0 amide bonds. The summed E-state index contributed by atoms with van der Waals surface area (Å²) in [6.45, 7) is 9.01. The minimum atomic E-state index is 0.271. The predicted molar refractivity (Wildman–Crippen MR) is 57.1 cm³/mol. The molecule has 14 heavy (non-hydrogen) atoms. The fourth-order valence-electron chi connectivity index (χ4n) is 2.06. The van der Waals surface area contributed by atoms with E-state index < -0.39 is 0 Å². The van der Waals surface area contributed by atoms with Crippen molar-refractivity contribution in [1.29, 1.82) is 0 Å². The maximum atomic E-state index is 4.30. The molecule has 0 atom stereocenters. The molecule has 0 unspecified atom stereocenters. The number of hydrogen-bond acceptors (Lipinski definition) is 2. The van der Waals surface area contributed by atoms with Gasteiger partial charge in [-0.2, -0.15) is 5.10 Å². The molecule has 0 fully saturated rings. The van der Waals surface area contributed by atoms with Gasteiger partial charge in [0.1, 0.15) is 0 Å². The molecule has 0 aliphatic carbocycles. The first-order valence-corrected chi connectivity index (χ1v) is 5.23. The third kappa shape index (κ3) is 1.57. The molecule has 0 saturated carbocycles. The van der Waals surface area contributed by atoms with Gasteiger partial charge >= 0.3 is 0 Å². The van der Waals surface area contributed by atoms with E-state index in [1.807, 2.05) is 17.9 Å². The maximum Gasteiger partial charge on any atom is 0.0537 e. The van der Waals surface area contributed by atoms with Crippen LogP contribution in [0, 0.1) is 0 Å². The lowest BCUT2D eigenvalue weighted by Gasteiger charge is -2.38. The van der Waals surface area contributed by atoms with E-state index in [-0.39, 0.29) is 5.54 Å². The Kier molecular flexibility index (Phi) is 2.14. The summed E-state index contributed by atoms with van der Waals surface area (Å²) < 4.78 is 2.01. The summed E-state index contributed by atoms with van der Waals surface area (Å²) in [7, 11) is 2.03. The van der Waals surface area contributed by atoms with Crippen LogP contribution in [0.2, 0.25) is 0 Å². The highest BCUT2D eigenvalue weighted by Crippen LogP contribution is 2.24. The van der Waals surface area contributed by atoms with Crippen LogP contribution in [0.5, 0.6) is 0 Å². The van der Waals surface area contributed by atoms with Gasteiger partial charge in [0.15, 0.2) is 0 Å². The summed E-state index contributed by atoms with van der Waals surface area (Å²) in [5.74, 6) is 0. The topological polar surface area (TPSA) is 21.1 Å². The Labute approximate surface area is 85.7 Å². The van der Waals surface area contributed by atoms with Crippen molar-refractivity contribution in [3.05, 3.63) is 17.5 Å². The Bertz CT molecular complexity index is 333. The maximum absolute atomic E-state index is 4.30.